The van der Waals surface area contributed by atoms with Crippen LogP contribution < -0.4 is 0 Å². The first-order chi connectivity index (χ1) is 8.26. The zero-order valence-electron chi connectivity index (χ0n) is 9.72. The summed E-state index contributed by atoms with van der Waals surface area (Å²) in [6.45, 7) is 4.54. The molecule has 1 aromatic carbocycles. The second-order valence-electron chi connectivity index (χ2n) is 3.71. The summed E-state index contributed by atoms with van der Waals surface area (Å²) in [4.78, 5) is 15.6. The number of allylic oxidation sites excluding steroid dienone is 1. The fourth-order valence-corrected chi connectivity index (χ4v) is 1.72. The monoisotopic (exact) mass is 230 g/mol. The summed E-state index contributed by atoms with van der Waals surface area (Å²) in [6, 6.07) is 5.38. The van der Waals surface area contributed by atoms with Gasteiger partial charge in [-0.2, -0.15) is 0 Å². The number of nitrogens with zero attached hydrogens (tertiary/aromatic N) is 2. The smallest absolute Gasteiger partial charge is 0.337 e. The number of aryl methyl sites for hydroxylation is 1. The summed E-state index contributed by atoms with van der Waals surface area (Å²) in [5, 5.41) is 0. The fourth-order valence-electron chi connectivity index (χ4n) is 1.72. The highest BCUT2D eigenvalue weighted by molar-refractivity contribution is 5.93. The maximum absolute atomic E-state index is 11.4. The Kier molecular flexibility index (Phi) is 3.23. The number of fused-ring (bicyclic) bond motifs is 1. The van der Waals surface area contributed by atoms with Gasteiger partial charge >= 0.3 is 5.97 Å². The Morgan fingerprint density at radius 2 is 2.41 bits per heavy atom. The number of esters is 1. The molecule has 0 saturated heterocycles. The van der Waals surface area contributed by atoms with Crippen molar-refractivity contribution in [3.63, 3.8) is 0 Å². The number of benzene rings is 1. The Morgan fingerprint density at radius 3 is 3.12 bits per heavy atom. The SMILES string of the molecule is C=CCCn1cnc2cc(C(=O)OC)ccc21. The van der Waals surface area contributed by atoms with Crippen LogP contribution in [0.2, 0.25) is 0 Å². The molecule has 0 radical (unpaired) electrons. The molecule has 4 nitrogen and oxygen atoms in total. The van der Waals surface area contributed by atoms with Crippen molar-refractivity contribution in [2.24, 2.45) is 0 Å². The van der Waals surface area contributed by atoms with Crippen LogP contribution in [0.3, 0.4) is 0 Å². The molecule has 17 heavy (non-hydrogen) atoms. The molecule has 0 aliphatic carbocycles. The molecule has 0 atom stereocenters. The van der Waals surface area contributed by atoms with E-state index in [1.165, 1.54) is 7.11 Å². The molecule has 0 saturated carbocycles. The van der Waals surface area contributed by atoms with E-state index in [1.807, 2.05) is 16.7 Å². The first kappa shape index (κ1) is 11.4. The van der Waals surface area contributed by atoms with Gasteiger partial charge in [0.05, 0.1) is 30.0 Å². The lowest BCUT2D eigenvalue weighted by atomic mass is 10.2. The maximum atomic E-state index is 11.4. The van der Waals surface area contributed by atoms with Gasteiger partial charge in [-0.3, -0.25) is 0 Å². The number of methoxy groups -OCH3 is 1. The number of carbonyl (C=O) groups excluding carboxylic acids is 1. The van der Waals surface area contributed by atoms with Crippen LogP contribution in [-0.2, 0) is 11.3 Å². The van der Waals surface area contributed by atoms with Crippen molar-refractivity contribution in [1.82, 2.24) is 9.55 Å². The average molecular weight is 230 g/mol. The Bertz CT molecular complexity index is 558. The topological polar surface area (TPSA) is 44.1 Å². The molecule has 0 fully saturated rings. The van der Waals surface area contributed by atoms with E-state index in [1.54, 1.807) is 18.5 Å². The van der Waals surface area contributed by atoms with E-state index >= 15 is 0 Å². The van der Waals surface area contributed by atoms with Crippen molar-refractivity contribution >= 4 is 17.0 Å². The fraction of sp³-hybridized carbons (Fsp3) is 0.231. The lowest BCUT2D eigenvalue weighted by Gasteiger charge is -2.02. The van der Waals surface area contributed by atoms with E-state index in [9.17, 15) is 4.79 Å². The van der Waals surface area contributed by atoms with Gasteiger partial charge in [-0.25, -0.2) is 9.78 Å². The first-order valence-electron chi connectivity index (χ1n) is 5.40. The highest BCUT2D eigenvalue weighted by Crippen LogP contribution is 2.16. The van der Waals surface area contributed by atoms with Crippen molar-refractivity contribution < 1.29 is 9.53 Å². The van der Waals surface area contributed by atoms with Crippen molar-refractivity contribution in [3.05, 3.63) is 42.7 Å². The molecule has 2 rings (SSSR count). The van der Waals surface area contributed by atoms with Crippen LogP contribution in [0.1, 0.15) is 16.8 Å². The molecule has 0 bridgehead atoms. The summed E-state index contributed by atoms with van der Waals surface area (Å²) >= 11 is 0. The van der Waals surface area contributed by atoms with Crippen LogP contribution in [0.5, 0.6) is 0 Å². The summed E-state index contributed by atoms with van der Waals surface area (Å²) in [7, 11) is 1.37. The predicted molar refractivity (Wildman–Crippen MR) is 65.9 cm³/mol. The van der Waals surface area contributed by atoms with E-state index in [4.69, 9.17) is 0 Å². The molecule has 0 amide bonds. The number of hydrogen-bond donors (Lipinski definition) is 0. The first-order valence-corrected chi connectivity index (χ1v) is 5.40. The van der Waals surface area contributed by atoms with Gasteiger partial charge in [0.25, 0.3) is 0 Å². The molecule has 0 spiro atoms. The van der Waals surface area contributed by atoms with Crippen LogP contribution in [-0.4, -0.2) is 22.6 Å². The predicted octanol–water partition coefficient (Wildman–Crippen LogP) is 2.40. The molecule has 0 aliphatic rings. The minimum Gasteiger partial charge on any atom is -0.465 e. The zero-order valence-corrected chi connectivity index (χ0v) is 9.72. The molecule has 0 N–H and O–H groups in total. The van der Waals surface area contributed by atoms with Crippen LogP contribution in [0.15, 0.2) is 37.2 Å². The minimum absolute atomic E-state index is 0.340. The summed E-state index contributed by atoms with van der Waals surface area (Å²) in [5.41, 5.74) is 2.34. The molecule has 2 aromatic rings. The number of imidazole rings is 1. The lowest BCUT2D eigenvalue weighted by Crippen LogP contribution is -2.01. The van der Waals surface area contributed by atoms with E-state index < -0.39 is 0 Å². The Morgan fingerprint density at radius 1 is 1.59 bits per heavy atom. The Balaban J connectivity index is 2.37. The molecular formula is C13H14N2O2. The van der Waals surface area contributed by atoms with Gasteiger partial charge in [0.2, 0.25) is 0 Å². The highest BCUT2D eigenvalue weighted by Gasteiger charge is 2.08. The van der Waals surface area contributed by atoms with E-state index in [2.05, 4.69) is 16.3 Å². The molecule has 4 heteroatoms. The molecule has 0 aliphatic heterocycles. The second-order valence-corrected chi connectivity index (χ2v) is 3.71. The number of ether oxygens (including phenoxy) is 1. The van der Waals surface area contributed by atoms with Crippen LogP contribution in [0, 0.1) is 0 Å². The Labute approximate surface area is 99.5 Å². The van der Waals surface area contributed by atoms with Crippen molar-refractivity contribution in [1.29, 1.82) is 0 Å². The van der Waals surface area contributed by atoms with Gasteiger partial charge in [0, 0.05) is 6.54 Å². The summed E-state index contributed by atoms with van der Waals surface area (Å²) < 4.78 is 6.71. The molecule has 1 aromatic heterocycles. The summed E-state index contributed by atoms with van der Waals surface area (Å²) in [6.07, 6.45) is 4.54. The molecular weight excluding hydrogens is 216 g/mol. The zero-order chi connectivity index (χ0) is 12.3. The standard InChI is InChI=1S/C13H14N2O2/c1-3-4-7-15-9-14-11-8-10(13(16)17-2)5-6-12(11)15/h3,5-6,8-9H,1,4,7H2,2H3. The number of rotatable bonds is 4. The van der Waals surface area contributed by atoms with Gasteiger partial charge in [0.15, 0.2) is 0 Å². The van der Waals surface area contributed by atoms with E-state index in [-0.39, 0.29) is 5.97 Å². The quantitative estimate of drug-likeness (QED) is 0.598. The van der Waals surface area contributed by atoms with Gasteiger partial charge in [-0.1, -0.05) is 6.08 Å². The largest absolute Gasteiger partial charge is 0.465 e. The average Bonchev–Trinajstić information content (AvgIpc) is 2.77. The number of aromatic nitrogens is 2. The van der Waals surface area contributed by atoms with Gasteiger partial charge < -0.3 is 9.30 Å². The minimum atomic E-state index is -0.340. The lowest BCUT2D eigenvalue weighted by molar-refractivity contribution is 0.0601. The third kappa shape index (κ3) is 2.20. The third-order valence-electron chi connectivity index (χ3n) is 2.62. The Hall–Kier alpha value is -2.10. The van der Waals surface area contributed by atoms with Gasteiger partial charge in [-0.05, 0) is 24.6 Å². The summed E-state index contributed by atoms with van der Waals surface area (Å²) in [5.74, 6) is -0.340. The van der Waals surface area contributed by atoms with Crippen molar-refractivity contribution in [2.45, 2.75) is 13.0 Å². The van der Waals surface area contributed by atoms with Crippen LogP contribution in [0.4, 0.5) is 0 Å². The third-order valence-corrected chi connectivity index (χ3v) is 2.62. The van der Waals surface area contributed by atoms with Crippen LogP contribution in [0.25, 0.3) is 11.0 Å². The second kappa shape index (κ2) is 4.82. The molecule has 88 valence electrons. The van der Waals surface area contributed by atoms with Crippen molar-refractivity contribution in [2.75, 3.05) is 7.11 Å². The normalized spacial score (nSPS) is 10.4. The number of carbonyl (C=O) groups is 1. The highest BCUT2D eigenvalue weighted by atomic mass is 16.5. The van der Waals surface area contributed by atoms with E-state index in [0.717, 1.165) is 24.0 Å². The molecule has 0 unspecified atom stereocenters. The molecule has 1 heterocycles. The van der Waals surface area contributed by atoms with E-state index in [0.29, 0.717) is 5.56 Å². The number of hydrogen-bond acceptors (Lipinski definition) is 3. The maximum Gasteiger partial charge on any atom is 0.337 e. The van der Waals surface area contributed by atoms with Gasteiger partial charge in [-0.15, -0.1) is 6.58 Å². The van der Waals surface area contributed by atoms with Crippen molar-refractivity contribution in [3.8, 4) is 0 Å². The van der Waals surface area contributed by atoms with Gasteiger partial charge in [0.1, 0.15) is 0 Å². The van der Waals surface area contributed by atoms with Crippen LogP contribution >= 0.6 is 0 Å².